The Bertz CT molecular complexity index is 202. The van der Waals surface area contributed by atoms with E-state index in [2.05, 4.69) is 47.8 Å². The summed E-state index contributed by atoms with van der Waals surface area (Å²) in [5.41, 5.74) is 0. The first-order valence-electron chi connectivity index (χ1n) is 2.67. The van der Waals surface area contributed by atoms with Gasteiger partial charge < -0.3 is 10.4 Å². The van der Waals surface area contributed by atoms with Gasteiger partial charge in [0.25, 0.3) is 0 Å². The summed E-state index contributed by atoms with van der Waals surface area (Å²) in [5.74, 6) is -2.22. The summed E-state index contributed by atoms with van der Waals surface area (Å²) in [6.45, 7) is 0. The first kappa shape index (κ1) is 13.7. The van der Waals surface area contributed by atoms with Gasteiger partial charge in [0.15, 0.2) is 8.37 Å². The first-order chi connectivity index (χ1) is 5.55. The molecule has 0 heterocycles. The Labute approximate surface area is 96.4 Å². The fourth-order valence-electron chi connectivity index (χ4n) is 0.288. The number of rotatable bonds is 1. The lowest BCUT2D eigenvalue weighted by Gasteiger charge is -2.21. The molecular weight excluding hydrogens is 391 g/mol. The molecule has 0 aliphatic heterocycles. The van der Waals surface area contributed by atoms with Crippen LogP contribution in [0, 0.1) is 0 Å². The van der Waals surface area contributed by atoms with Gasteiger partial charge in [0.1, 0.15) is 0 Å². The van der Waals surface area contributed by atoms with Crippen molar-refractivity contribution < 1.29 is 23.1 Å². The molecule has 3 nitrogen and oxygen atoms in total. The molecule has 0 saturated heterocycles. The Kier molecular flexibility index (Phi) is 4.68. The molecule has 0 radical (unpaired) electrons. The van der Waals surface area contributed by atoms with Gasteiger partial charge in [0, 0.05) is 0 Å². The van der Waals surface area contributed by atoms with Crippen LogP contribution in [0.4, 0.5) is 13.2 Å². The molecule has 0 aromatic carbocycles. The average Bonchev–Trinajstić information content (AvgIpc) is 1.82. The quantitative estimate of drug-likeness (QED) is 0.527. The second-order valence-corrected chi connectivity index (χ2v) is 8.86. The summed E-state index contributed by atoms with van der Waals surface area (Å²) in [5, 5.41) is 10.3. The molecular formula is C4H3Br3F3NO2. The standard InChI is InChI=1S/C4H3Br3F3NO2/c5-3(6,7)1(12)11-2(13)4(8,9)10/h1,12H,(H,11,13). The highest BCUT2D eigenvalue weighted by atomic mass is 80.0. The zero-order valence-corrected chi connectivity index (χ0v) is 10.5. The molecule has 1 atom stereocenters. The van der Waals surface area contributed by atoms with Crippen molar-refractivity contribution in [3.8, 4) is 0 Å². The summed E-state index contributed by atoms with van der Waals surface area (Å²) in [6.07, 6.45) is -6.78. The summed E-state index contributed by atoms with van der Waals surface area (Å²) in [4.78, 5) is 10.3. The van der Waals surface area contributed by atoms with E-state index in [4.69, 9.17) is 5.11 Å². The number of hydrogen-bond acceptors (Lipinski definition) is 2. The van der Waals surface area contributed by atoms with Gasteiger partial charge in [-0.3, -0.25) is 4.79 Å². The number of aliphatic hydroxyl groups is 1. The number of hydrogen-bond donors (Lipinski definition) is 2. The SMILES string of the molecule is O=C(NC(O)C(Br)(Br)Br)C(F)(F)F. The Morgan fingerprint density at radius 2 is 1.69 bits per heavy atom. The van der Waals surface area contributed by atoms with Gasteiger partial charge in [-0.05, 0) is 0 Å². The Balaban J connectivity index is 4.24. The second-order valence-electron chi connectivity index (χ2n) is 1.92. The van der Waals surface area contributed by atoms with E-state index in [9.17, 15) is 18.0 Å². The van der Waals surface area contributed by atoms with Crippen LogP contribution in [0.2, 0.25) is 0 Å². The first-order valence-corrected chi connectivity index (χ1v) is 5.05. The topological polar surface area (TPSA) is 49.3 Å². The van der Waals surface area contributed by atoms with Crippen LogP contribution >= 0.6 is 47.8 Å². The molecule has 78 valence electrons. The second kappa shape index (κ2) is 4.45. The molecule has 2 N–H and O–H groups in total. The molecule has 9 heteroatoms. The van der Waals surface area contributed by atoms with E-state index in [0.717, 1.165) is 0 Å². The number of nitrogens with one attached hydrogen (secondary N) is 1. The molecule has 1 unspecified atom stereocenters. The van der Waals surface area contributed by atoms with Crippen LogP contribution in [0.3, 0.4) is 0 Å². The summed E-state index contributed by atoms with van der Waals surface area (Å²) < 4.78 is 33.5. The third-order valence-corrected chi connectivity index (χ3v) is 2.14. The van der Waals surface area contributed by atoms with Crippen molar-refractivity contribution in [3.05, 3.63) is 0 Å². The molecule has 13 heavy (non-hydrogen) atoms. The van der Waals surface area contributed by atoms with E-state index in [1.165, 1.54) is 5.32 Å². The maximum absolute atomic E-state index is 11.6. The molecule has 0 aromatic heterocycles. The minimum Gasteiger partial charge on any atom is -0.370 e. The molecule has 0 aliphatic carbocycles. The lowest BCUT2D eigenvalue weighted by atomic mass is 10.5. The van der Waals surface area contributed by atoms with Crippen molar-refractivity contribution in [2.45, 2.75) is 14.5 Å². The predicted molar refractivity (Wildman–Crippen MR) is 49.7 cm³/mol. The van der Waals surface area contributed by atoms with Crippen molar-refractivity contribution in [1.82, 2.24) is 5.32 Å². The molecule has 0 fully saturated rings. The largest absolute Gasteiger partial charge is 0.471 e. The highest BCUT2D eigenvalue weighted by molar-refractivity contribution is 9.39. The van der Waals surface area contributed by atoms with E-state index in [1.807, 2.05) is 0 Å². The van der Waals surface area contributed by atoms with E-state index < -0.39 is 20.5 Å². The fourth-order valence-corrected chi connectivity index (χ4v) is 0.631. The van der Waals surface area contributed by atoms with Crippen LogP contribution in [0.15, 0.2) is 0 Å². The molecule has 0 rings (SSSR count). The third kappa shape index (κ3) is 5.18. The smallest absolute Gasteiger partial charge is 0.370 e. The average molecular weight is 394 g/mol. The summed E-state index contributed by atoms with van der Waals surface area (Å²) >= 11 is 8.22. The van der Waals surface area contributed by atoms with Crippen molar-refractivity contribution in [1.29, 1.82) is 0 Å². The number of halogens is 6. The molecule has 0 saturated carbocycles. The van der Waals surface area contributed by atoms with Gasteiger partial charge in [-0.1, -0.05) is 47.8 Å². The number of amides is 1. The van der Waals surface area contributed by atoms with Crippen LogP contribution in [0.1, 0.15) is 0 Å². The highest BCUT2D eigenvalue weighted by Gasteiger charge is 2.42. The van der Waals surface area contributed by atoms with Crippen molar-refractivity contribution >= 4 is 53.7 Å². The zero-order chi connectivity index (χ0) is 10.9. The number of alkyl halides is 6. The van der Waals surface area contributed by atoms with Crippen LogP contribution < -0.4 is 5.32 Å². The minimum absolute atomic E-state index is 1.31. The lowest BCUT2D eigenvalue weighted by molar-refractivity contribution is -0.176. The van der Waals surface area contributed by atoms with Gasteiger partial charge in [0.05, 0.1) is 0 Å². The molecule has 0 bridgehead atoms. The van der Waals surface area contributed by atoms with E-state index in [1.54, 1.807) is 0 Å². The van der Waals surface area contributed by atoms with E-state index >= 15 is 0 Å². The predicted octanol–water partition coefficient (Wildman–Crippen LogP) is 1.82. The number of aliphatic hydroxyl groups excluding tert-OH is 1. The maximum atomic E-state index is 11.6. The summed E-state index contributed by atoms with van der Waals surface area (Å²) in [6, 6.07) is 0. The Hall–Kier alpha value is 0.660. The van der Waals surface area contributed by atoms with Crippen molar-refractivity contribution in [2.24, 2.45) is 0 Å². The van der Waals surface area contributed by atoms with Gasteiger partial charge in [-0.25, -0.2) is 0 Å². The third-order valence-electron chi connectivity index (χ3n) is 0.835. The van der Waals surface area contributed by atoms with Crippen LogP contribution in [0.25, 0.3) is 0 Å². The fraction of sp³-hybridized carbons (Fsp3) is 0.750. The van der Waals surface area contributed by atoms with Gasteiger partial charge >= 0.3 is 12.1 Å². The minimum atomic E-state index is -5.01. The molecule has 0 spiro atoms. The van der Waals surface area contributed by atoms with Gasteiger partial charge in [-0.15, -0.1) is 0 Å². The normalized spacial score (nSPS) is 15.3. The van der Waals surface area contributed by atoms with Crippen molar-refractivity contribution in [2.75, 3.05) is 0 Å². The molecule has 0 aliphatic rings. The highest BCUT2D eigenvalue weighted by Crippen LogP contribution is 2.36. The summed E-state index contributed by atoms with van der Waals surface area (Å²) in [7, 11) is 0. The number of carbonyl (C=O) groups excluding carboxylic acids is 1. The monoisotopic (exact) mass is 391 g/mol. The van der Waals surface area contributed by atoms with Crippen molar-refractivity contribution in [3.63, 3.8) is 0 Å². The molecule has 0 aromatic rings. The Morgan fingerprint density at radius 3 is 1.92 bits per heavy atom. The van der Waals surface area contributed by atoms with Crippen LogP contribution in [-0.4, -0.2) is 25.6 Å². The van der Waals surface area contributed by atoms with Crippen LogP contribution in [0.5, 0.6) is 0 Å². The zero-order valence-electron chi connectivity index (χ0n) is 5.70. The molecule has 1 amide bonds. The van der Waals surface area contributed by atoms with Gasteiger partial charge in [0.2, 0.25) is 0 Å². The number of carbonyl (C=O) groups is 1. The van der Waals surface area contributed by atoms with E-state index in [-0.39, 0.29) is 0 Å². The van der Waals surface area contributed by atoms with Crippen LogP contribution in [-0.2, 0) is 4.79 Å². The van der Waals surface area contributed by atoms with E-state index in [0.29, 0.717) is 0 Å². The maximum Gasteiger partial charge on any atom is 0.471 e. The lowest BCUT2D eigenvalue weighted by Crippen LogP contribution is -2.48. The Morgan fingerprint density at radius 1 is 1.31 bits per heavy atom. The van der Waals surface area contributed by atoms with Gasteiger partial charge in [-0.2, -0.15) is 13.2 Å².